The van der Waals surface area contributed by atoms with Crippen molar-refractivity contribution in [2.45, 2.75) is 431 Å². The highest BCUT2D eigenvalue weighted by Gasteiger charge is 2.22. The Kier molecular flexibility index (Phi) is 72.1. The summed E-state index contributed by atoms with van der Waals surface area (Å²) in [5, 5.41) is 0. The third-order valence-corrected chi connectivity index (χ3v) is 19.6. The predicted molar refractivity (Wildman–Crippen MR) is 398 cm³/mol. The summed E-state index contributed by atoms with van der Waals surface area (Å²) in [7, 11) is 1.19. The molecule has 0 bridgehead atoms. The van der Waals surface area contributed by atoms with E-state index in [2.05, 4.69) is 50.3 Å². The summed E-state index contributed by atoms with van der Waals surface area (Å²) in [5.74, 6) is -0.805. The number of carbonyl (C=O) groups is 2. The monoisotopic (exact) mass is 1320 g/mol. The van der Waals surface area contributed by atoms with Crippen LogP contribution < -0.4 is 4.89 Å². The normalized spacial score (nSPS) is 13.2. The molecule has 0 saturated heterocycles. The molecule has 0 radical (unpaired) electrons. The van der Waals surface area contributed by atoms with Crippen molar-refractivity contribution >= 4 is 19.8 Å². The summed E-state index contributed by atoms with van der Waals surface area (Å²) in [4.78, 5) is 38.2. The third-order valence-electron chi connectivity index (χ3n) is 18.7. The van der Waals surface area contributed by atoms with Crippen LogP contribution in [0.2, 0.25) is 0 Å². The van der Waals surface area contributed by atoms with Gasteiger partial charge in [0.2, 0.25) is 0 Å². The Labute approximate surface area is 573 Å². The molecule has 0 saturated carbocycles. The van der Waals surface area contributed by atoms with E-state index < -0.39 is 26.5 Å². The lowest BCUT2D eigenvalue weighted by Gasteiger charge is -2.28. The van der Waals surface area contributed by atoms with Crippen LogP contribution in [0.3, 0.4) is 0 Å². The standard InChI is InChI=1S/C82H158NO8P/c1-6-8-10-12-14-16-18-20-22-24-26-28-30-32-34-35-36-37-38-39-40-41-42-43-44-45-46-47-49-51-53-55-57-59-61-63-65-67-69-71-73-75-82(85)91-80(79-90-92(86,87)89-77-76-83(3,4)5)78-88-81(84)74-72-70-68-66-64-62-60-58-56-54-52-50-48-33-31-29-27-25-23-21-19-17-15-13-11-9-7-2/h18,20,24,26,30,32,80H,6-17,19,21-23,25,27-29,31,33-79H2,1-5H3/b20-18-,26-24-,32-30-. The first-order chi connectivity index (χ1) is 45.0. The summed E-state index contributed by atoms with van der Waals surface area (Å²) in [6.45, 7) is 4.32. The molecule has 0 N–H and O–H groups in total. The molecule has 0 aliphatic rings. The molecule has 0 aromatic rings. The highest BCUT2D eigenvalue weighted by Crippen LogP contribution is 2.38. The Hall–Kier alpha value is -1.77. The minimum Gasteiger partial charge on any atom is -0.756 e. The van der Waals surface area contributed by atoms with Crippen LogP contribution in [0.25, 0.3) is 0 Å². The number of hydrogen-bond donors (Lipinski definition) is 0. The topological polar surface area (TPSA) is 111 Å². The van der Waals surface area contributed by atoms with Crippen molar-refractivity contribution < 1.29 is 42.1 Å². The van der Waals surface area contributed by atoms with Crippen LogP contribution in [-0.2, 0) is 32.7 Å². The molecule has 0 heterocycles. The maximum atomic E-state index is 12.9. The fourth-order valence-corrected chi connectivity index (χ4v) is 13.2. The van der Waals surface area contributed by atoms with Crippen molar-refractivity contribution in [3.05, 3.63) is 36.5 Å². The van der Waals surface area contributed by atoms with Crippen LogP contribution in [-0.4, -0.2) is 70.0 Å². The third kappa shape index (κ3) is 77.2. The molecule has 0 aliphatic carbocycles. The fourth-order valence-electron chi connectivity index (χ4n) is 12.4. The summed E-state index contributed by atoms with van der Waals surface area (Å²) < 4.78 is 34.4. The predicted octanol–water partition coefficient (Wildman–Crippen LogP) is 26.3. The van der Waals surface area contributed by atoms with E-state index in [-0.39, 0.29) is 32.0 Å². The summed E-state index contributed by atoms with van der Waals surface area (Å²) in [5.41, 5.74) is 0. The van der Waals surface area contributed by atoms with Gasteiger partial charge in [0.05, 0.1) is 27.7 Å². The number of phosphoric acid groups is 1. The van der Waals surface area contributed by atoms with Crippen molar-refractivity contribution in [2.75, 3.05) is 47.5 Å². The molecule has 0 aromatic carbocycles. The van der Waals surface area contributed by atoms with Crippen molar-refractivity contribution in [3.8, 4) is 0 Å². The Morgan fingerprint density at radius 1 is 0.337 bits per heavy atom. The molecule has 2 unspecified atom stereocenters. The Balaban J connectivity index is 3.87. The minimum absolute atomic E-state index is 0.0265. The van der Waals surface area contributed by atoms with Gasteiger partial charge in [0.1, 0.15) is 19.8 Å². The van der Waals surface area contributed by atoms with Crippen molar-refractivity contribution in [1.82, 2.24) is 0 Å². The Morgan fingerprint density at radius 2 is 0.587 bits per heavy atom. The van der Waals surface area contributed by atoms with Gasteiger partial charge in [-0.05, 0) is 51.4 Å². The number of hydrogen-bond acceptors (Lipinski definition) is 8. The SMILES string of the molecule is CCCCCCC/C=C\C/C=C\C/C=C\CCCCCCCCCCCCCCCCCCCCCCCCCCCCC(=O)OC(COC(=O)CCCCCCCCCCCCCCCCCCCCCCCCCCCCC)COP(=O)([O-])OCC[N+](C)(C)C. The van der Waals surface area contributed by atoms with Crippen LogP contribution in [0.15, 0.2) is 36.5 Å². The molecular formula is C82H158NO8P. The minimum atomic E-state index is -4.64. The number of unbranched alkanes of at least 4 members (excludes halogenated alkanes) is 57. The zero-order valence-electron chi connectivity index (χ0n) is 62.3. The van der Waals surface area contributed by atoms with Gasteiger partial charge in [-0.1, -0.05) is 397 Å². The summed E-state index contributed by atoms with van der Waals surface area (Å²) in [6, 6.07) is 0. The Bertz CT molecular complexity index is 1640. The van der Waals surface area contributed by atoms with E-state index in [1.165, 1.54) is 347 Å². The second kappa shape index (κ2) is 73.5. The first kappa shape index (κ1) is 90.2. The Morgan fingerprint density at radius 3 is 0.870 bits per heavy atom. The van der Waals surface area contributed by atoms with E-state index in [4.69, 9.17) is 18.5 Å². The molecule has 2 atom stereocenters. The molecule has 0 spiro atoms. The largest absolute Gasteiger partial charge is 0.756 e. The molecule has 544 valence electrons. The van der Waals surface area contributed by atoms with Gasteiger partial charge in [-0.2, -0.15) is 0 Å². The van der Waals surface area contributed by atoms with Gasteiger partial charge in [0, 0.05) is 12.8 Å². The zero-order chi connectivity index (χ0) is 66.9. The summed E-state index contributed by atoms with van der Waals surface area (Å²) in [6.07, 6.45) is 95.7. The lowest BCUT2D eigenvalue weighted by Crippen LogP contribution is -2.37. The number of esters is 2. The van der Waals surface area contributed by atoms with Crippen LogP contribution in [0, 0.1) is 0 Å². The molecule has 9 nitrogen and oxygen atoms in total. The van der Waals surface area contributed by atoms with Gasteiger partial charge in [-0.15, -0.1) is 0 Å². The van der Waals surface area contributed by atoms with Gasteiger partial charge in [-0.25, -0.2) is 0 Å². The molecular weight excluding hydrogens is 1160 g/mol. The number of phosphoric ester groups is 1. The number of nitrogens with zero attached hydrogens (tertiary/aromatic N) is 1. The first-order valence-corrected chi connectivity index (χ1v) is 42.2. The first-order valence-electron chi connectivity index (χ1n) is 40.7. The van der Waals surface area contributed by atoms with E-state index in [0.29, 0.717) is 17.4 Å². The van der Waals surface area contributed by atoms with Crippen molar-refractivity contribution in [1.29, 1.82) is 0 Å². The molecule has 92 heavy (non-hydrogen) atoms. The van der Waals surface area contributed by atoms with Crippen LogP contribution >= 0.6 is 7.82 Å². The quantitative estimate of drug-likeness (QED) is 0.0195. The van der Waals surface area contributed by atoms with Gasteiger partial charge in [0.15, 0.2) is 6.10 Å². The lowest BCUT2D eigenvalue weighted by molar-refractivity contribution is -0.870. The molecule has 0 rings (SSSR count). The highest BCUT2D eigenvalue weighted by atomic mass is 31.2. The van der Waals surface area contributed by atoms with Gasteiger partial charge >= 0.3 is 11.9 Å². The molecule has 0 amide bonds. The smallest absolute Gasteiger partial charge is 0.306 e. The number of rotatable bonds is 77. The fraction of sp³-hybridized carbons (Fsp3) is 0.902. The van der Waals surface area contributed by atoms with Crippen LogP contribution in [0.5, 0.6) is 0 Å². The number of likely N-dealkylation sites (N-methyl/N-ethyl adjacent to an activating group) is 1. The average Bonchev–Trinajstić information content (AvgIpc) is 2.23. The number of quaternary nitrogens is 1. The van der Waals surface area contributed by atoms with E-state index in [1.807, 2.05) is 21.1 Å². The molecule has 0 aromatic heterocycles. The number of carbonyl (C=O) groups excluding carboxylic acids is 2. The summed E-state index contributed by atoms with van der Waals surface area (Å²) >= 11 is 0. The van der Waals surface area contributed by atoms with Crippen molar-refractivity contribution in [2.24, 2.45) is 0 Å². The second-order valence-electron chi connectivity index (χ2n) is 29.1. The second-order valence-corrected chi connectivity index (χ2v) is 30.6. The lowest BCUT2D eigenvalue weighted by atomic mass is 10.0. The number of ether oxygens (including phenoxy) is 2. The van der Waals surface area contributed by atoms with E-state index in [0.717, 1.165) is 44.9 Å². The molecule has 0 aliphatic heterocycles. The number of allylic oxidation sites excluding steroid dienone is 6. The highest BCUT2D eigenvalue weighted by molar-refractivity contribution is 7.45. The maximum absolute atomic E-state index is 12.9. The van der Waals surface area contributed by atoms with E-state index in [9.17, 15) is 19.0 Å². The van der Waals surface area contributed by atoms with E-state index in [1.54, 1.807) is 0 Å². The van der Waals surface area contributed by atoms with Crippen molar-refractivity contribution in [3.63, 3.8) is 0 Å². The average molecular weight is 1320 g/mol. The van der Waals surface area contributed by atoms with E-state index >= 15 is 0 Å². The molecule has 10 heteroatoms. The van der Waals surface area contributed by atoms with Gasteiger partial charge < -0.3 is 27.9 Å². The van der Waals surface area contributed by atoms with Crippen LogP contribution in [0.4, 0.5) is 0 Å². The maximum Gasteiger partial charge on any atom is 0.306 e. The van der Waals surface area contributed by atoms with Gasteiger partial charge in [-0.3, -0.25) is 14.2 Å². The van der Waals surface area contributed by atoms with Crippen LogP contribution in [0.1, 0.15) is 425 Å². The van der Waals surface area contributed by atoms with Gasteiger partial charge in [0.25, 0.3) is 7.82 Å². The molecule has 0 fully saturated rings. The zero-order valence-corrected chi connectivity index (χ0v) is 63.2.